The number of aliphatic carboxylic acids is 1. The third-order valence-corrected chi connectivity index (χ3v) is 3.36. The minimum Gasteiger partial charge on any atom is -0.506 e. The zero-order valence-electron chi connectivity index (χ0n) is 12.3. The van der Waals surface area contributed by atoms with Gasteiger partial charge in [-0.25, -0.2) is 9.37 Å². The molecule has 0 radical (unpaired) electrons. The van der Waals surface area contributed by atoms with E-state index in [1.165, 1.54) is 18.2 Å². The summed E-state index contributed by atoms with van der Waals surface area (Å²) in [5.41, 5.74) is 0.967. The molecule has 0 saturated carbocycles. The summed E-state index contributed by atoms with van der Waals surface area (Å²) >= 11 is 0. The van der Waals surface area contributed by atoms with Crippen molar-refractivity contribution >= 4 is 11.8 Å². The minimum atomic E-state index is -1.03. The summed E-state index contributed by atoms with van der Waals surface area (Å²) in [6.07, 6.45) is -0.0161. The molecule has 0 unspecified atom stereocenters. The van der Waals surface area contributed by atoms with Crippen LogP contribution in [0.25, 0.3) is 11.3 Å². The van der Waals surface area contributed by atoms with Crippen LogP contribution in [0.15, 0.2) is 36.4 Å². The van der Waals surface area contributed by atoms with Gasteiger partial charge in [0.2, 0.25) is 0 Å². The van der Waals surface area contributed by atoms with Gasteiger partial charge < -0.3 is 10.2 Å². The summed E-state index contributed by atoms with van der Waals surface area (Å²) in [5.74, 6) is -1.74. The van der Waals surface area contributed by atoms with Crippen molar-refractivity contribution in [2.24, 2.45) is 0 Å². The lowest BCUT2D eigenvalue weighted by Crippen LogP contribution is -2.05. The number of hydrogen-bond acceptors (Lipinski definition) is 4. The molecule has 0 saturated heterocycles. The smallest absolute Gasteiger partial charge is 0.303 e. The number of halogens is 1. The van der Waals surface area contributed by atoms with Crippen molar-refractivity contribution in [1.29, 1.82) is 0 Å². The van der Waals surface area contributed by atoms with Gasteiger partial charge in [-0.05, 0) is 24.3 Å². The minimum absolute atomic E-state index is 0.0525. The van der Waals surface area contributed by atoms with Crippen LogP contribution >= 0.6 is 0 Å². The zero-order chi connectivity index (χ0) is 16.8. The fraction of sp³-hybridized carbons (Fsp3) is 0.235. The largest absolute Gasteiger partial charge is 0.506 e. The Balaban J connectivity index is 2.11. The van der Waals surface area contributed by atoms with Crippen molar-refractivity contribution < 1.29 is 24.2 Å². The molecule has 2 rings (SSSR count). The molecule has 1 aromatic heterocycles. The third-order valence-electron chi connectivity index (χ3n) is 3.36. The molecule has 2 aromatic rings. The maximum atomic E-state index is 13.8. The van der Waals surface area contributed by atoms with Crippen molar-refractivity contribution in [3.63, 3.8) is 0 Å². The maximum absolute atomic E-state index is 13.8. The lowest BCUT2D eigenvalue weighted by atomic mass is 10.1. The van der Waals surface area contributed by atoms with Crippen LogP contribution in [0.3, 0.4) is 0 Å². The number of carboxylic acids is 1. The predicted octanol–water partition coefficient (Wildman–Crippen LogP) is 2.96. The number of Topliss-reactive ketones (excluding diaryl/α,β-unsaturated/α-hetero) is 1. The van der Waals surface area contributed by atoms with Crippen molar-refractivity contribution in [2.45, 2.75) is 25.7 Å². The second-order valence-corrected chi connectivity index (χ2v) is 5.07. The standard InChI is InChI=1S/C17H16FNO4/c18-13-4-2-1-3-12(13)14-8-9-16(21)15(19-14)7-5-11(20)6-10-17(22)23/h1-4,8-9,21H,5-7,10H2,(H,22,23). The number of carbonyl (C=O) groups is 2. The van der Waals surface area contributed by atoms with E-state index in [0.29, 0.717) is 11.3 Å². The average molecular weight is 317 g/mol. The van der Waals surface area contributed by atoms with E-state index in [1.54, 1.807) is 18.2 Å². The van der Waals surface area contributed by atoms with E-state index in [-0.39, 0.29) is 42.9 Å². The molecule has 0 atom stereocenters. The number of ketones is 1. The van der Waals surface area contributed by atoms with Gasteiger partial charge >= 0.3 is 5.97 Å². The fourth-order valence-electron chi connectivity index (χ4n) is 2.13. The number of carbonyl (C=O) groups excluding carboxylic acids is 1. The molecule has 6 heteroatoms. The normalized spacial score (nSPS) is 10.5. The van der Waals surface area contributed by atoms with Gasteiger partial charge in [0.15, 0.2) is 0 Å². The number of carboxylic acid groups (broad SMARTS) is 1. The van der Waals surface area contributed by atoms with E-state index < -0.39 is 11.8 Å². The monoisotopic (exact) mass is 317 g/mol. The molecule has 5 nitrogen and oxygen atoms in total. The van der Waals surface area contributed by atoms with Crippen LogP contribution < -0.4 is 0 Å². The Morgan fingerprint density at radius 2 is 1.78 bits per heavy atom. The number of pyridine rings is 1. The van der Waals surface area contributed by atoms with Gasteiger partial charge in [0, 0.05) is 24.8 Å². The molecule has 0 aliphatic rings. The quantitative estimate of drug-likeness (QED) is 0.819. The molecular formula is C17H16FNO4. The van der Waals surface area contributed by atoms with Crippen molar-refractivity contribution in [2.75, 3.05) is 0 Å². The third kappa shape index (κ3) is 4.60. The van der Waals surface area contributed by atoms with Gasteiger partial charge in [0.1, 0.15) is 17.3 Å². The van der Waals surface area contributed by atoms with Crippen molar-refractivity contribution in [1.82, 2.24) is 4.98 Å². The summed E-state index contributed by atoms with van der Waals surface area (Å²) in [6, 6.07) is 9.06. The summed E-state index contributed by atoms with van der Waals surface area (Å²) in [4.78, 5) is 26.2. The van der Waals surface area contributed by atoms with E-state index in [0.717, 1.165) is 0 Å². The van der Waals surface area contributed by atoms with E-state index in [9.17, 15) is 19.1 Å². The Kier molecular flexibility index (Phi) is 5.41. The second-order valence-electron chi connectivity index (χ2n) is 5.07. The number of benzene rings is 1. The van der Waals surface area contributed by atoms with Gasteiger partial charge in [-0.3, -0.25) is 9.59 Å². The lowest BCUT2D eigenvalue weighted by Gasteiger charge is -2.07. The van der Waals surface area contributed by atoms with Gasteiger partial charge in [-0.1, -0.05) is 12.1 Å². The van der Waals surface area contributed by atoms with Crippen LogP contribution in [-0.2, 0) is 16.0 Å². The molecule has 0 amide bonds. The van der Waals surface area contributed by atoms with Crippen LogP contribution in [0.2, 0.25) is 0 Å². The molecular weight excluding hydrogens is 301 g/mol. The molecule has 120 valence electrons. The van der Waals surface area contributed by atoms with Gasteiger partial charge in [0.25, 0.3) is 0 Å². The Morgan fingerprint density at radius 1 is 1.04 bits per heavy atom. The van der Waals surface area contributed by atoms with E-state index in [1.807, 2.05) is 0 Å². The Labute approximate surface area is 132 Å². The predicted molar refractivity (Wildman–Crippen MR) is 81.5 cm³/mol. The molecule has 0 fully saturated rings. The van der Waals surface area contributed by atoms with Crippen LogP contribution in [-0.4, -0.2) is 26.9 Å². The molecule has 2 N–H and O–H groups in total. The Bertz CT molecular complexity index is 730. The van der Waals surface area contributed by atoms with Crippen LogP contribution in [0.4, 0.5) is 4.39 Å². The molecule has 0 spiro atoms. The summed E-state index contributed by atoms with van der Waals surface area (Å²) in [5, 5.41) is 18.4. The first-order valence-electron chi connectivity index (χ1n) is 7.14. The van der Waals surface area contributed by atoms with Gasteiger partial charge in [-0.15, -0.1) is 0 Å². The summed E-state index contributed by atoms with van der Waals surface area (Å²) < 4.78 is 13.8. The molecule has 1 aromatic carbocycles. The topological polar surface area (TPSA) is 87.5 Å². The van der Waals surface area contributed by atoms with Gasteiger partial charge in [-0.2, -0.15) is 0 Å². The van der Waals surface area contributed by atoms with E-state index >= 15 is 0 Å². The van der Waals surface area contributed by atoms with E-state index in [4.69, 9.17) is 5.11 Å². The highest BCUT2D eigenvalue weighted by Gasteiger charge is 2.12. The fourth-order valence-corrected chi connectivity index (χ4v) is 2.13. The number of rotatable bonds is 7. The highest BCUT2D eigenvalue weighted by molar-refractivity contribution is 5.82. The Hall–Kier alpha value is -2.76. The summed E-state index contributed by atoms with van der Waals surface area (Å²) in [7, 11) is 0. The highest BCUT2D eigenvalue weighted by atomic mass is 19.1. The molecule has 0 bridgehead atoms. The lowest BCUT2D eigenvalue weighted by molar-refractivity contribution is -0.138. The highest BCUT2D eigenvalue weighted by Crippen LogP contribution is 2.25. The number of aryl methyl sites for hydroxylation is 1. The van der Waals surface area contributed by atoms with Crippen LogP contribution in [0.5, 0.6) is 5.75 Å². The van der Waals surface area contributed by atoms with Crippen LogP contribution in [0.1, 0.15) is 25.0 Å². The molecule has 1 heterocycles. The van der Waals surface area contributed by atoms with Crippen molar-refractivity contribution in [3.8, 4) is 17.0 Å². The first-order valence-corrected chi connectivity index (χ1v) is 7.14. The first-order chi connectivity index (χ1) is 11.0. The zero-order valence-corrected chi connectivity index (χ0v) is 12.3. The second kappa shape index (κ2) is 7.49. The SMILES string of the molecule is O=C(O)CCC(=O)CCc1nc(-c2ccccc2F)ccc1O. The molecule has 0 aliphatic carbocycles. The molecule has 0 aliphatic heterocycles. The van der Waals surface area contributed by atoms with E-state index in [2.05, 4.69) is 4.98 Å². The number of hydrogen-bond donors (Lipinski definition) is 2. The average Bonchev–Trinajstić information content (AvgIpc) is 2.53. The summed E-state index contributed by atoms with van der Waals surface area (Å²) in [6.45, 7) is 0. The van der Waals surface area contributed by atoms with Crippen molar-refractivity contribution in [3.05, 3.63) is 47.9 Å². The number of nitrogens with zero attached hydrogens (tertiary/aromatic N) is 1. The number of aromatic hydroxyl groups is 1. The van der Waals surface area contributed by atoms with Crippen LogP contribution in [0, 0.1) is 5.82 Å². The number of aromatic nitrogens is 1. The first kappa shape index (κ1) is 16.6. The molecule has 23 heavy (non-hydrogen) atoms. The maximum Gasteiger partial charge on any atom is 0.303 e. The van der Waals surface area contributed by atoms with Gasteiger partial charge in [0.05, 0.1) is 17.8 Å². The Morgan fingerprint density at radius 3 is 2.48 bits per heavy atom.